The summed E-state index contributed by atoms with van der Waals surface area (Å²) in [5, 5.41) is 46.7. The topological polar surface area (TPSA) is 176 Å². The van der Waals surface area contributed by atoms with E-state index in [1.54, 1.807) is 24.3 Å². The third kappa shape index (κ3) is 16.8. The molecule has 2 saturated carbocycles. The van der Waals surface area contributed by atoms with Crippen LogP contribution in [0.4, 0.5) is 33.3 Å². The summed E-state index contributed by atoms with van der Waals surface area (Å²) >= 11 is 12.9. The fourth-order valence-corrected chi connectivity index (χ4v) is 13.2. The number of allylic oxidation sites excluding steroid dienone is 1. The number of phenols is 2. The van der Waals surface area contributed by atoms with Crippen LogP contribution in [0.2, 0.25) is 10.0 Å². The summed E-state index contributed by atoms with van der Waals surface area (Å²) in [7, 11) is -5.70. The van der Waals surface area contributed by atoms with Crippen molar-refractivity contribution in [1.82, 2.24) is 10.6 Å². The van der Waals surface area contributed by atoms with E-state index in [2.05, 4.69) is 69.1 Å². The molecule has 11 nitrogen and oxygen atoms in total. The van der Waals surface area contributed by atoms with E-state index in [0.29, 0.717) is 49.6 Å². The van der Waals surface area contributed by atoms with Gasteiger partial charge < -0.3 is 40.1 Å². The Morgan fingerprint density at radius 1 is 0.726 bits per heavy atom. The van der Waals surface area contributed by atoms with Crippen molar-refractivity contribution in [2.45, 2.75) is 119 Å². The van der Waals surface area contributed by atoms with Crippen LogP contribution in [0.5, 0.6) is 17.2 Å². The number of hydrogen-bond acceptors (Lipinski definition) is 10. The molecule has 444 valence electrons. The largest absolute Gasteiger partial charge is 0.573 e. The third-order valence-electron chi connectivity index (χ3n) is 14.0. The van der Waals surface area contributed by atoms with Gasteiger partial charge in [0.15, 0.2) is 0 Å². The lowest BCUT2D eigenvalue weighted by Gasteiger charge is -2.40. The number of anilines is 2. The number of carbonyl (C=O) groups is 1. The molecule has 1 unspecified atom stereocenters. The number of aliphatic hydroxyl groups excluding tert-OH is 1. The van der Waals surface area contributed by atoms with Gasteiger partial charge in [-0.25, -0.2) is 13.0 Å². The number of rotatable bonds is 21. The number of Topliss-reactive ketones (excluding diaryl/α,β-unsaturated/α-hetero) is 1. The van der Waals surface area contributed by atoms with E-state index in [9.17, 15) is 46.3 Å². The van der Waals surface area contributed by atoms with Crippen molar-refractivity contribution < 1.29 is 51.0 Å². The summed E-state index contributed by atoms with van der Waals surface area (Å²) in [6.45, 7) is 19.9. The van der Waals surface area contributed by atoms with Crippen LogP contribution in [0, 0.1) is 23.0 Å². The summed E-state index contributed by atoms with van der Waals surface area (Å²) in [5.41, 5.74) is 6.67. The maximum atomic E-state index is 14.9. The zero-order valence-electron chi connectivity index (χ0n) is 46.9. The molecule has 0 heterocycles. The molecule has 0 aliphatic heterocycles. The Morgan fingerprint density at radius 2 is 1.30 bits per heavy atom. The van der Waals surface area contributed by atoms with Crippen LogP contribution in [0.15, 0.2) is 132 Å². The molecule has 0 aromatic heterocycles. The van der Waals surface area contributed by atoms with Crippen LogP contribution in [0.25, 0.3) is 11.4 Å². The summed E-state index contributed by atoms with van der Waals surface area (Å²) in [6.07, 6.45) is 0.175. The van der Waals surface area contributed by atoms with E-state index >= 15 is 0 Å². The van der Waals surface area contributed by atoms with Crippen LogP contribution in [0.3, 0.4) is 0 Å². The van der Waals surface area contributed by atoms with Gasteiger partial charge in [-0.1, -0.05) is 85.0 Å². The average Bonchev–Trinajstić information content (AvgIpc) is 3.49. The maximum absolute atomic E-state index is 14.9. The smallest absolute Gasteiger partial charge is 0.513 e. The molecule has 8 rings (SSSR count). The predicted molar refractivity (Wildman–Crippen MR) is 333 cm³/mol. The van der Waals surface area contributed by atoms with Crippen molar-refractivity contribution in [3.05, 3.63) is 194 Å². The van der Waals surface area contributed by atoms with E-state index in [1.807, 2.05) is 51.1 Å². The molecule has 2 fully saturated rings. The number of alkyl halides is 3. The normalized spacial score (nSPS) is 14.5. The monoisotopic (exact) mass is 1230 g/mol. The second-order valence-corrected chi connectivity index (χ2v) is 27.7. The first-order valence-electron chi connectivity index (χ1n) is 26.4. The highest BCUT2D eigenvalue weighted by molar-refractivity contribution is 8.28. The van der Waals surface area contributed by atoms with Crippen LogP contribution >= 0.6 is 32.6 Å². The van der Waals surface area contributed by atoms with Gasteiger partial charge in [0.1, 0.15) is 35.0 Å². The van der Waals surface area contributed by atoms with Gasteiger partial charge in [-0.15, -0.1) is 22.6 Å². The first kappa shape index (κ1) is 64.0. The Balaban J connectivity index is 0.000000241. The van der Waals surface area contributed by atoms with Crippen LogP contribution in [-0.4, -0.2) is 60.4 Å². The number of nitrogens with one attached hydrogen (secondary N) is 4. The maximum Gasteiger partial charge on any atom is 0.573 e. The highest BCUT2D eigenvalue weighted by Crippen LogP contribution is 2.44. The average molecular weight is 1230 g/mol. The number of ketones is 1. The molecule has 0 saturated heterocycles. The van der Waals surface area contributed by atoms with Crippen molar-refractivity contribution >= 4 is 88.5 Å². The number of aromatic hydroxyl groups is 2. The number of carbonyl (C=O) groups excluding carboxylic acids is 1. The minimum Gasteiger partial charge on any atom is -0.513 e. The zero-order valence-corrected chi connectivity index (χ0v) is 50.0. The highest BCUT2D eigenvalue weighted by Gasteiger charge is 2.33. The molecule has 6 aromatic rings. The molecule has 0 spiro atoms. The minimum atomic E-state index is -4.87. The van der Waals surface area contributed by atoms with Gasteiger partial charge in [0.2, 0.25) is 5.78 Å². The highest BCUT2D eigenvalue weighted by atomic mass is 35.5. The van der Waals surface area contributed by atoms with Gasteiger partial charge in [0, 0.05) is 75.4 Å². The second-order valence-electron chi connectivity index (χ2n) is 22.4. The van der Waals surface area contributed by atoms with Crippen molar-refractivity contribution in [2.24, 2.45) is 0 Å². The van der Waals surface area contributed by atoms with Crippen molar-refractivity contribution in [2.75, 3.05) is 9.44 Å². The summed E-state index contributed by atoms with van der Waals surface area (Å²) < 4.78 is 92.1. The van der Waals surface area contributed by atoms with Crippen molar-refractivity contribution in [1.29, 1.82) is 5.26 Å². The Morgan fingerprint density at radius 3 is 1.83 bits per heavy atom. The minimum absolute atomic E-state index is 0.00196. The molecule has 0 radical (unpaired) electrons. The number of hydrogen-bond donors (Lipinski definition) is 7. The summed E-state index contributed by atoms with van der Waals surface area (Å²) in [5.74, 6) is 9.69. The van der Waals surface area contributed by atoms with Gasteiger partial charge in [0.25, 0.3) is 0 Å². The third-order valence-corrected chi connectivity index (χ3v) is 18.2. The Labute approximate surface area is 498 Å². The fraction of sp³-hybridized carbons (Fsp3) is 0.266. The van der Waals surface area contributed by atoms with E-state index in [4.69, 9.17) is 28.5 Å². The lowest BCUT2D eigenvalue weighted by Crippen LogP contribution is -2.46. The summed E-state index contributed by atoms with van der Waals surface area (Å²) in [4.78, 5) is 12.0. The van der Waals surface area contributed by atoms with E-state index in [-0.39, 0.29) is 74.2 Å². The molecular formula is C64H66Cl2F5N5O6S2. The van der Waals surface area contributed by atoms with Gasteiger partial charge in [-0.05, 0) is 177 Å². The number of phenolic OH excluding ortho intramolecular Hbond substituents is 2. The molecule has 84 heavy (non-hydrogen) atoms. The SMILES string of the molecule is C=C(NC(C)(C)C)c1ccc(Cc2cc(F)c(CC(=O)C#N)cc2O)c(NS(=C)(=O)c2ccc(C3CC3)cc2O)c1.C=C(O)Cc1cc(Cl)c(Cc2ccc(C(=C)NC3(C)CCC3)cc2NS(=C)(=C)c2ccc(OC(F)(F)F)cc2Cl)cc1F. The van der Waals surface area contributed by atoms with Crippen LogP contribution in [0.1, 0.15) is 116 Å². The second kappa shape index (κ2) is 25.3. The molecule has 2 aliphatic rings. The molecule has 0 bridgehead atoms. The number of ether oxygens (including phenoxy) is 1. The molecule has 7 N–H and O–H groups in total. The van der Waals surface area contributed by atoms with Gasteiger partial charge in [-0.3, -0.25) is 4.79 Å². The van der Waals surface area contributed by atoms with Crippen molar-refractivity contribution in [3.63, 3.8) is 0 Å². The van der Waals surface area contributed by atoms with Crippen molar-refractivity contribution in [3.8, 4) is 23.3 Å². The number of benzene rings is 6. The predicted octanol–water partition coefficient (Wildman–Crippen LogP) is 15.6. The number of aliphatic hydroxyl groups is 1. The summed E-state index contributed by atoms with van der Waals surface area (Å²) in [6, 6.07) is 26.1. The molecular weight excluding hydrogens is 1160 g/mol. The number of halogens is 7. The lowest BCUT2D eigenvalue weighted by atomic mass is 9.78. The van der Waals surface area contributed by atoms with Gasteiger partial charge in [0.05, 0.1) is 31.1 Å². The lowest BCUT2D eigenvalue weighted by molar-refractivity contribution is -0.274. The first-order chi connectivity index (χ1) is 39.1. The Bertz CT molecular complexity index is 3870. The van der Waals surface area contributed by atoms with Gasteiger partial charge >= 0.3 is 6.36 Å². The zero-order chi connectivity index (χ0) is 61.9. The number of nitrogens with zero attached hydrogens (tertiary/aromatic N) is 1. The Hall–Kier alpha value is -7.56. The number of nitriles is 1. The standard InChI is InChI=1S/C32H32Cl2F4N2O2S.C32H34FN3O4S/c1-19(41)13-24-15-26(33)23(16-28(24)35)14-22-8-7-21(20(2)39-31(3)11-6-12-31)17-29(22)40-43(4,5)30-10-9-25(18-27(30)34)42-32(36,37)38;1-19(35-32(2,3)4)21-8-9-23(12-25-14-27(33)24(17-29(25)38)13-26(37)18-34)28(15-21)36-41(5,40)31-11-10-22(16-30(31)39)20-6-7-20/h7-10,15-18,39-41H,1-2,4-6,11-14H2,3H3;8-11,14-17,20,35,38-39H,1,5-7,12-13H2,2-4H3,(H,36,40). The van der Waals surface area contributed by atoms with Crippen LogP contribution in [-0.2, 0) is 40.2 Å². The van der Waals surface area contributed by atoms with E-state index in [1.165, 1.54) is 24.3 Å². The Kier molecular flexibility index (Phi) is 19.3. The first-order valence-corrected chi connectivity index (χ1v) is 30.8. The van der Waals surface area contributed by atoms with E-state index < -0.39 is 55.1 Å². The quantitative estimate of drug-likeness (QED) is 0.0159. The van der Waals surface area contributed by atoms with Gasteiger partial charge in [-0.2, -0.15) is 5.26 Å². The molecule has 20 heteroatoms. The van der Waals surface area contributed by atoms with Crippen LogP contribution < -0.4 is 24.8 Å². The van der Waals surface area contributed by atoms with E-state index in [0.717, 1.165) is 78.8 Å². The molecule has 2 aliphatic carbocycles. The fourth-order valence-electron chi connectivity index (χ4n) is 9.46. The molecule has 1 atom stereocenters. The molecule has 6 aromatic carbocycles. The molecule has 0 amide bonds.